The quantitative estimate of drug-likeness (QED) is 0.623. The molecule has 0 amide bonds. The Hall–Kier alpha value is -1.61. The minimum Gasteiger partial charge on any atom is -0.465 e. The smallest absolute Gasteiger partial charge is 0.323 e. The maximum absolute atomic E-state index is 12.3. The van der Waals surface area contributed by atoms with E-state index in [1.807, 2.05) is 13.0 Å². The van der Waals surface area contributed by atoms with Crippen molar-refractivity contribution in [3.63, 3.8) is 0 Å². The van der Waals surface area contributed by atoms with Gasteiger partial charge >= 0.3 is 5.97 Å². The van der Waals surface area contributed by atoms with Crippen LogP contribution in [0.5, 0.6) is 0 Å². The number of nitrogens with zero attached hydrogens (tertiary/aromatic N) is 1. The number of likely N-dealkylation sites (tertiary alicyclic amines) is 1. The first kappa shape index (κ1) is 13.4. The zero-order chi connectivity index (χ0) is 14.1. The Labute approximate surface area is 120 Å². The number of ether oxygens (including phenoxy) is 1. The first-order chi connectivity index (χ1) is 9.72. The number of hydrogen-bond acceptors (Lipinski definition) is 3. The van der Waals surface area contributed by atoms with Crippen LogP contribution in [0.25, 0.3) is 0 Å². The highest BCUT2D eigenvalue weighted by Gasteiger charge is 2.49. The molecule has 2 aliphatic rings. The average Bonchev–Trinajstić information content (AvgIpc) is 3.08. The Bertz CT molecular complexity index is 511. The summed E-state index contributed by atoms with van der Waals surface area (Å²) in [6, 6.07) is 10.8. The van der Waals surface area contributed by atoms with E-state index in [1.54, 1.807) is 0 Å². The largest absolute Gasteiger partial charge is 0.465 e. The van der Waals surface area contributed by atoms with Gasteiger partial charge in [0.15, 0.2) is 0 Å². The van der Waals surface area contributed by atoms with Gasteiger partial charge in [-0.3, -0.25) is 9.69 Å². The number of benzene rings is 1. The molecule has 1 aliphatic heterocycles. The summed E-state index contributed by atoms with van der Waals surface area (Å²) in [6.07, 6.45) is 5.46. The Balaban J connectivity index is 1.87. The van der Waals surface area contributed by atoms with E-state index in [1.165, 1.54) is 5.56 Å². The van der Waals surface area contributed by atoms with E-state index in [9.17, 15) is 4.79 Å². The van der Waals surface area contributed by atoms with Gasteiger partial charge in [-0.15, -0.1) is 0 Å². The molecule has 1 heterocycles. The highest BCUT2D eigenvalue weighted by molar-refractivity contribution is 5.77. The molecule has 0 radical (unpaired) electrons. The SMILES string of the molecule is CCOC(=O)[C@H]1[C@H]2C=C[C@@H](C2)N1[C@H](C)c1ccccc1. The fraction of sp³-hybridized carbons (Fsp3) is 0.471. The van der Waals surface area contributed by atoms with Crippen LogP contribution in [0.1, 0.15) is 31.9 Å². The minimum absolute atomic E-state index is 0.0767. The van der Waals surface area contributed by atoms with Gasteiger partial charge in [0.05, 0.1) is 6.61 Å². The molecule has 1 saturated heterocycles. The van der Waals surface area contributed by atoms with Crippen molar-refractivity contribution in [1.29, 1.82) is 0 Å². The summed E-state index contributed by atoms with van der Waals surface area (Å²) < 4.78 is 5.28. The van der Waals surface area contributed by atoms with Crippen LogP contribution in [0.4, 0.5) is 0 Å². The molecule has 1 aliphatic carbocycles. The van der Waals surface area contributed by atoms with Crippen LogP contribution in [0, 0.1) is 5.92 Å². The molecule has 1 fully saturated rings. The molecule has 0 N–H and O–H groups in total. The van der Waals surface area contributed by atoms with E-state index in [4.69, 9.17) is 4.74 Å². The van der Waals surface area contributed by atoms with E-state index >= 15 is 0 Å². The number of fused-ring (bicyclic) bond motifs is 2. The van der Waals surface area contributed by atoms with Gasteiger partial charge in [-0.2, -0.15) is 0 Å². The molecule has 20 heavy (non-hydrogen) atoms. The molecule has 1 aromatic rings. The summed E-state index contributed by atoms with van der Waals surface area (Å²) in [7, 11) is 0. The lowest BCUT2D eigenvalue weighted by atomic mass is 9.99. The first-order valence-electron chi connectivity index (χ1n) is 7.39. The summed E-state index contributed by atoms with van der Waals surface area (Å²) in [6.45, 7) is 4.49. The molecular weight excluding hydrogens is 250 g/mol. The monoisotopic (exact) mass is 271 g/mol. The third-order valence-electron chi connectivity index (χ3n) is 4.46. The van der Waals surface area contributed by atoms with Crippen molar-refractivity contribution in [3.05, 3.63) is 48.0 Å². The van der Waals surface area contributed by atoms with Crippen LogP contribution in [-0.4, -0.2) is 29.6 Å². The van der Waals surface area contributed by atoms with Gasteiger partial charge in [0.2, 0.25) is 0 Å². The molecule has 4 atom stereocenters. The van der Waals surface area contributed by atoms with Crippen LogP contribution in [0.2, 0.25) is 0 Å². The zero-order valence-electron chi connectivity index (χ0n) is 12.0. The second-order valence-electron chi connectivity index (χ2n) is 5.58. The van der Waals surface area contributed by atoms with E-state index in [0.29, 0.717) is 18.6 Å². The van der Waals surface area contributed by atoms with Gasteiger partial charge in [0, 0.05) is 18.0 Å². The fourth-order valence-electron chi connectivity index (χ4n) is 3.55. The number of hydrogen-bond donors (Lipinski definition) is 0. The minimum atomic E-state index is -0.125. The topological polar surface area (TPSA) is 29.5 Å². The summed E-state index contributed by atoms with van der Waals surface area (Å²) >= 11 is 0. The molecular formula is C17H21NO2. The van der Waals surface area contributed by atoms with Gasteiger partial charge in [-0.05, 0) is 25.8 Å². The predicted octanol–water partition coefficient (Wildman–Crippen LogP) is 2.94. The van der Waals surface area contributed by atoms with Crippen molar-refractivity contribution >= 4 is 5.97 Å². The summed E-state index contributed by atoms with van der Waals surface area (Å²) in [4.78, 5) is 14.6. The lowest BCUT2D eigenvalue weighted by Gasteiger charge is -2.36. The Morgan fingerprint density at radius 3 is 2.80 bits per heavy atom. The molecule has 0 saturated carbocycles. The van der Waals surface area contributed by atoms with Crippen molar-refractivity contribution in [2.75, 3.05) is 6.61 Å². The molecule has 2 bridgehead atoms. The highest BCUT2D eigenvalue weighted by atomic mass is 16.5. The molecule has 0 aromatic heterocycles. The third kappa shape index (κ3) is 2.16. The van der Waals surface area contributed by atoms with E-state index in [0.717, 1.165) is 6.42 Å². The number of esters is 1. The van der Waals surface area contributed by atoms with Crippen LogP contribution >= 0.6 is 0 Å². The third-order valence-corrected chi connectivity index (χ3v) is 4.46. The molecule has 1 aromatic carbocycles. The molecule has 3 nitrogen and oxygen atoms in total. The van der Waals surface area contributed by atoms with Gasteiger partial charge in [0.25, 0.3) is 0 Å². The number of rotatable bonds is 4. The van der Waals surface area contributed by atoms with Crippen LogP contribution in [0.15, 0.2) is 42.5 Å². The lowest BCUT2D eigenvalue weighted by Crippen LogP contribution is -2.46. The van der Waals surface area contributed by atoms with Gasteiger partial charge in [-0.25, -0.2) is 0 Å². The van der Waals surface area contributed by atoms with E-state index in [-0.39, 0.29) is 18.1 Å². The maximum Gasteiger partial charge on any atom is 0.323 e. The second kappa shape index (κ2) is 5.41. The van der Waals surface area contributed by atoms with Crippen LogP contribution in [0.3, 0.4) is 0 Å². The first-order valence-corrected chi connectivity index (χ1v) is 7.39. The summed E-state index contributed by atoms with van der Waals surface area (Å²) in [5.41, 5.74) is 1.25. The summed E-state index contributed by atoms with van der Waals surface area (Å²) in [5.74, 6) is 0.234. The maximum atomic E-state index is 12.3. The zero-order valence-corrected chi connectivity index (χ0v) is 12.0. The van der Waals surface area contributed by atoms with Crippen LogP contribution < -0.4 is 0 Å². The predicted molar refractivity (Wildman–Crippen MR) is 78.2 cm³/mol. The van der Waals surface area contributed by atoms with E-state index < -0.39 is 0 Å². The molecule has 0 spiro atoms. The average molecular weight is 271 g/mol. The normalized spacial score (nSPS) is 29.6. The Morgan fingerprint density at radius 1 is 1.35 bits per heavy atom. The molecule has 106 valence electrons. The van der Waals surface area contributed by atoms with Crippen molar-refractivity contribution < 1.29 is 9.53 Å². The van der Waals surface area contributed by atoms with Crippen molar-refractivity contribution in [2.24, 2.45) is 5.92 Å². The molecule has 3 heteroatoms. The van der Waals surface area contributed by atoms with Crippen LogP contribution in [-0.2, 0) is 9.53 Å². The highest BCUT2D eigenvalue weighted by Crippen LogP contribution is 2.42. The van der Waals surface area contributed by atoms with Gasteiger partial charge in [0.1, 0.15) is 6.04 Å². The van der Waals surface area contributed by atoms with Crippen molar-refractivity contribution in [2.45, 2.75) is 38.4 Å². The Morgan fingerprint density at radius 2 is 2.10 bits per heavy atom. The molecule has 3 rings (SSSR count). The standard InChI is InChI=1S/C17H21NO2/c1-3-20-17(19)16-14-9-10-15(11-14)18(16)12(2)13-7-5-4-6-8-13/h4-10,12,14-16H,3,11H2,1-2H3/t12-,14+,15+,16-/m1/s1. The van der Waals surface area contributed by atoms with Crippen molar-refractivity contribution in [3.8, 4) is 0 Å². The van der Waals surface area contributed by atoms with Gasteiger partial charge in [-0.1, -0.05) is 42.5 Å². The van der Waals surface area contributed by atoms with Crippen molar-refractivity contribution in [1.82, 2.24) is 4.90 Å². The fourth-order valence-corrected chi connectivity index (χ4v) is 3.55. The second-order valence-corrected chi connectivity index (χ2v) is 5.58. The summed E-state index contributed by atoms with van der Waals surface area (Å²) in [5, 5.41) is 0. The Kier molecular flexibility index (Phi) is 3.62. The lowest BCUT2D eigenvalue weighted by molar-refractivity contribution is -0.150. The molecule has 0 unspecified atom stereocenters. The number of carbonyl (C=O) groups excluding carboxylic acids is 1. The van der Waals surface area contributed by atoms with Gasteiger partial charge < -0.3 is 4.74 Å². The van der Waals surface area contributed by atoms with E-state index in [2.05, 4.69) is 48.2 Å². The number of carbonyl (C=O) groups is 1.